The highest BCUT2D eigenvalue weighted by Crippen LogP contribution is 2.16. The van der Waals surface area contributed by atoms with E-state index in [4.69, 9.17) is 5.73 Å². The van der Waals surface area contributed by atoms with Gasteiger partial charge >= 0.3 is 5.95 Å². The number of benzene rings is 2. The standard InChI is InChI=1S/C17H17N3O.BrH/c1-12-7-9-13(10-8-12)16(21)11-20-15-6-4-3-5-14(15)19(2)17(20)18;/h3-10,18H,11H2,1-2H3;1H/p+1. The normalized spacial score (nSPS) is 10.5. The number of nitrogens with zero attached hydrogens (tertiary/aromatic N) is 2. The first-order valence-corrected chi connectivity index (χ1v) is 6.90. The van der Waals surface area contributed by atoms with Crippen molar-refractivity contribution < 1.29 is 9.36 Å². The van der Waals surface area contributed by atoms with Gasteiger partial charge in [-0.25, -0.2) is 9.13 Å². The zero-order valence-electron chi connectivity index (χ0n) is 12.6. The number of halogens is 1. The molecule has 0 fully saturated rings. The minimum atomic E-state index is 0. The number of aryl methyl sites for hydroxylation is 2. The molecule has 0 aliphatic heterocycles. The lowest BCUT2D eigenvalue weighted by Crippen LogP contribution is -2.31. The Labute approximate surface area is 139 Å². The maximum absolute atomic E-state index is 12.4. The first-order chi connectivity index (χ1) is 10.1. The molecule has 0 atom stereocenters. The highest BCUT2D eigenvalue weighted by Gasteiger charge is 2.20. The Balaban J connectivity index is 0.00000176. The average Bonchev–Trinajstić information content (AvgIpc) is 2.73. The number of carbonyl (C=O) groups excluding carboxylic acids is 1. The van der Waals surface area contributed by atoms with Gasteiger partial charge in [0.1, 0.15) is 17.6 Å². The number of aromatic nitrogens is 2. The maximum Gasteiger partial charge on any atom is 0.356 e. The first kappa shape index (κ1) is 16.2. The predicted molar refractivity (Wildman–Crippen MR) is 93.4 cm³/mol. The van der Waals surface area contributed by atoms with Crippen molar-refractivity contribution in [1.82, 2.24) is 4.57 Å². The number of nitrogens with two attached hydrogens (primary N) is 1. The zero-order valence-corrected chi connectivity index (χ0v) is 14.3. The fraction of sp³-hybridized carbons (Fsp3) is 0.176. The molecule has 0 saturated carbocycles. The Morgan fingerprint density at radius 3 is 2.45 bits per heavy atom. The number of carbonyl (C=O) groups is 1. The number of fused-ring (bicyclic) bond motifs is 1. The highest BCUT2D eigenvalue weighted by molar-refractivity contribution is 8.93. The summed E-state index contributed by atoms with van der Waals surface area (Å²) in [5, 5.41) is 0. The lowest BCUT2D eigenvalue weighted by molar-refractivity contribution is -0.630. The molecule has 1 heterocycles. The molecule has 2 aromatic carbocycles. The van der Waals surface area contributed by atoms with Crippen LogP contribution in [0.4, 0.5) is 5.95 Å². The van der Waals surface area contributed by atoms with Crippen LogP contribution in [0.5, 0.6) is 0 Å². The number of hydrogen-bond donors (Lipinski definition) is 1. The molecule has 4 nitrogen and oxygen atoms in total. The van der Waals surface area contributed by atoms with E-state index in [1.165, 1.54) is 0 Å². The van der Waals surface area contributed by atoms with E-state index in [1.54, 1.807) is 0 Å². The first-order valence-electron chi connectivity index (χ1n) is 6.90. The van der Waals surface area contributed by atoms with E-state index in [2.05, 4.69) is 0 Å². The minimum Gasteiger partial charge on any atom is -0.291 e. The van der Waals surface area contributed by atoms with Crippen LogP contribution in [0.1, 0.15) is 15.9 Å². The van der Waals surface area contributed by atoms with Crippen molar-refractivity contribution in [2.24, 2.45) is 7.05 Å². The summed E-state index contributed by atoms with van der Waals surface area (Å²) in [6.45, 7) is 2.25. The molecule has 3 aromatic rings. The molecule has 1 aromatic heterocycles. The fourth-order valence-corrected chi connectivity index (χ4v) is 2.54. The van der Waals surface area contributed by atoms with Crippen LogP contribution in [0.3, 0.4) is 0 Å². The molecule has 0 radical (unpaired) electrons. The maximum atomic E-state index is 12.4. The summed E-state index contributed by atoms with van der Waals surface area (Å²) in [5.41, 5.74) is 9.98. The second-order valence-corrected chi connectivity index (χ2v) is 5.28. The molecule has 22 heavy (non-hydrogen) atoms. The van der Waals surface area contributed by atoms with E-state index < -0.39 is 0 Å². The Kier molecular flexibility index (Phi) is 4.66. The highest BCUT2D eigenvalue weighted by atomic mass is 79.9. The van der Waals surface area contributed by atoms with Gasteiger partial charge in [-0.05, 0) is 19.1 Å². The van der Waals surface area contributed by atoms with Gasteiger partial charge in [-0.15, -0.1) is 17.0 Å². The number of ketones is 1. The minimum absolute atomic E-state index is 0. The van der Waals surface area contributed by atoms with Crippen molar-refractivity contribution in [3.63, 3.8) is 0 Å². The molecule has 114 valence electrons. The van der Waals surface area contributed by atoms with Gasteiger partial charge in [-0.2, -0.15) is 0 Å². The van der Waals surface area contributed by atoms with Gasteiger partial charge in [0, 0.05) is 5.56 Å². The number of para-hydroxylation sites is 2. The van der Waals surface area contributed by atoms with E-state index in [0.717, 1.165) is 16.6 Å². The third-order valence-electron chi connectivity index (χ3n) is 3.83. The Morgan fingerprint density at radius 1 is 1.14 bits per heavy atom. The van der Waals surface area contributed by atoms with E-state index in [0.29, 0.717) is 11.5 Å². The molecule has 0 aliphatic rings. The van der Waals surface area contributed by atoms with Crippen LogP contribution >= 0.6 is 17.0 Å². The van der Waals surface area contributed by atoms with Crippen LogP contribution in [-0.2, 0) is 13.6 Å². The quantitative estimate of drug-likeness (QED) is 0.576. The van der Waals surface area contributed by atoms with Gasteiger partial charge in [0.15, 0.2) is 5.78 Å². The second kappa shape index (κ2) is 6.32. The third kappa shape index (κ3) is 2.76. The topological polar surface area (TPSA) is 51.9 Å². The average molecular weight is 361 g/mol. The molecule has 0 unspecified atom stereocenters. The summed E-state index contributed by atoms with van der Waals surface area (Å²) in [7, 11) is 1.91. The van der Waals surface area contributed by atoms with Crippen LogP contribution < -0.4 is 10.3 Å². The van der Waals surface area contributed by atoms with Gasteiger partial charge < -0.3 is 0 Å². The lowest BCUT2D eigenvalue weighted by Gasteiger charge is -2.02. The number of rotatable bonds is 3. The second-order valence-electron chi connectivity index (χ2n) is 5.28. The Morgan fingerprint density at radius 2 is 1.77 bits per heavy atom. The molecular weight excluding hydrogens is 342 g/mol. The SMILES string of the molecule is Br.Cc1ccc(C(=O)Cn2c(N)[n+](C)c3ccccc32)cc1. The van der Waals surface area contributed by atoms with Crippen molar-refractivity contribution in [1.29, 1.82) is 0 Å². The van der Waals surface area contributed by atoms with Crippen LogP contribution in [-0.4, -0.2) is 10.4 Å². The van der Waals surface area contributed by atoms with Gasteiger partial charge in [0.25, 0.3) is 0 Å². The number of hydrogen-bond acceptors (Lipinski definition) is 2. The Hall–Kier alpha value is -2.14. The van der Waals surface area contributed by atoms with Crippen LogP contribution in [0.15, 0.2) is 48.5 Å². The van der Waals surface area contributed by atoms with E-state index in [9.17, 15) is 4.79 Å². The van der Waals surface area contributed by atoms with Gasteiger partial charge in [0.2, 0.25) is 0 Å². The molecule has 0 saturated heterocycles. The van der Waals surface area contributed by atoms with E-state index in [-0.39, 0.29) is 29.3 Å². The molecule has 2 N–H and O–H groups in total. The molecule has 0 spiro atoms. The van der Waals surface area contributed by atoms with Crippen molar-refractivity contribution in [3.8, 4) is 0 Å². The van der Waals surface area contributed by atoms with Crippen molar-refractivity contribution in [2.45, 2.75) is 13.5 Å². The fourth-order valence-electron chi connectivity index (χ4n) is 2.54. The Bertz CT molecular complexity index is 822. The number of imidazole rings is 1. The van der Waals surface area contributed by atoms with E-state index in [1.807, 2.05) is 71.6 Å². The molecule has 3 rings (SSSR count). The summed E-state index contributed by atoms with van der Waals surface area (Å²) in [4.78, 5) is 12.4. The van der Waals surface area contributed by atoms with Gasteiger partial charge in [0.05, 0.1) is 7.05 Å². The lowest BCUT2D eigenvalue weighted by atomic mass is 10.1. The number of nitrogen functional groups attached to an aromatic ring is 1. The molecule has 5 heteroatoms. The van der Waals surface area contributed by atoms with E-state index >= 15 is 0 Å². The van der Waals surface area contributed by atoms with Crippen LogP contribution in [0, 0.1) is 6.92 Å². The zero-order chi connectivity index (χ0) is 15.0. The summed E-state index contributed by atoms with van der Waals surface area (Å²) in [6.07, 6.45) is 0. The molecule has 0 bridgehead atoms. The van der Waals surface area contributed by atoms with Gasteiger partial charge in [-0.3, -0.25) is 10.5 Å². The smallest absolute Gasteiger partial charge is 0.291 e. The van der Waals surface area contributed by atoms with Crippen molar-refractivity contribution in [3.05, 3.63) is 59.7 Å². The summed E-state index contributed by atoms with van der Waals surface area (Å²) in [5.74, 6) is 0.639. The van der Waals surface area contributed by atoms with Crippen molar-refractivity contribution >= 4 is 39.7 Å². The summed E-state index contributed by atoms with van der Waals surface area (Å²) < 4.78 is 3.76. The molecule has 0 amide bonds. The predicted octanol–water partition coefficient (Wildman–Crippen LogP) is 2.82. The summed E-state index contributed by atoms with van der Waals surface area (Å²) in [6, 6.07) is 15.5. The summed E-state index contributed by atoms with van der Waals surface area (Å²) >= 11 is 0. The van der Waals surface area contributed by atoms with Crippen molar-refractivity contribution in [2.75, 3.05) is 5.73 Å². The molecule has 0 aliphatic carbocycles. The van der Waals surface area contributed by atoms with Crippen LogP contribution in [0.2, 0.25) is 0 Å². The number of anilines is 1. The van der Waals surface area contributed by atoms with Crippen LogP contribution in [0.25, 0.3) is 11.0 Å². The molecular formula is C17H19BrN3O+. The third-order valence-corrected chi connectivity index (χ3v) is 3.83. The monoisotopic (exact) mass is 360 g/mol. The van der Waals surface area contributed by atoms with Gasteiger partial charge in [-0.1, -0.05) is 42.0 Å². The largest absolute Gasteiger partial charge is 0.356 e. The number of Topliss-reactive ketones (excluding diaryl/α,β-unsaturated/α-hetero) is 1.